The highest BCUT2D eigenvalue weighted by Crippen LogP contribution is 2.15. The van der Waals surface area contributed by atoms with Crippen molar-refractivity contribution in [3.63, 3.8) is 0 Å². The van der Waals surface area contributed by atoms with Crippen LogP contribution < -0.4 is 0 Å². The molecule has 0 aliphatic rings. The Balaban J connectivity index is 4.91. The fraction of sp³-hybridized carbons (Fsp3) is 0.833. The van der Waals surface area contributed by atoms with Crippen molar-refractivity contribution in [1.82, 2.24) is 9.80 Å². The van der Waals surface area contributed by atoms with E-state index in [9.17, 15) is 9.59 Å². The summed E-state index contributed by atoms with van der Waals surface area (Å²) in [6, 6.07) is -0.204. The Hall–Kier alpha value is -1.26. The molecule has 0 spiro atoms. The molecule has 0 aromatic rings. The number of rotatable bonds is 5. The molecule has 0 aromatic heterocycles. The lowest BCUT2D eigenvalue weighted by Crippen LogP contribution is -2.53. The van der Waals surface area contributed by atoms with Crippen LogP contribution in [0, 0.1) is 0 Å². The minimum Gasteiger partial charge on any atom is -0.480 e. The molecule has 0 heterocycles. The molecule has 0 aromatic carbocycles. The Kier molecular flexibility index (Phi) is 5.99. The highest BCUT2D eigenvalue weighted by molar-refractivity contribution is 5.80. The Morgan fingerprint density at radius 2 is 1.71 bits per heavy atom. The molecule has 5 nitrogen and oxygen atoms in total. The minimum atomic E-state index is -0.985. The first-order valence-electron chi connectivity index (χ1n) is 6.02. The first-order valence-corrected chi connectivity index (χ1v) is 6.02. The van der Waals surface area contributed by atoms with Crippen molar-refractivity contribution in [1.29, 1.82) is 0 Å². The molecular formula is C12H24N2O3. The number of aliphatic carboxylic acids is 1. The van der Waals surface area contributed by atoms with Crippen molar-refractivity contribution in [3.8, 4) is 0 Å². The Morgan fingerprint density at radius 1 is 1.18 bits per heavy atom. The van der Waals surface area contributed by atoms with E-state index in [2.05, 4.69) is 0 Å². The molecule has 0 rings (SSSR count). The second-order valence-corrected chi connectivity index (χ2v) is 5.01. The maximum atomic E-state index is 12.2. The van der Waals surface area contributed by atoms with Crippen molar-refractivity contribution in [2.45, 2.75) is 46.6 Å². The van der Waals surface area contributed by atoms with Gasteiger partial charge in [0.2, 0.25) is 0 Å². The number of hydrogen-bond acceptors (Lipinski definition) is 2. The summed E-state index contributed by atoms with van der Waals surface area (Å²) in [5, 5.41) is 8.87. The predicted molar refractivity (Wildman–Crippen MR) is 67.0 cm³/mol. The fourth-order valence-electron chi connectivity index (χ4n) is 1.56. The monoisotopic (exact) mass is 244 g/mol. The fourth-order valence-corrected chi connectivity index (χ4v) is 1.56. The summed E-state index contributed by atoms with van der Waals surface area (Å²) in [4.78, 5) is 26.1. The van der Waals surface area contributed by atoms with Gasteiger partial charge in [0.15, 0.2) is 0 Å². The molecule has 0 bridgehead atoms. The number of urea groups is 1. The van der Waals surface area contributed by atoms with Crippen LogP contribution in [0.3, 0.4) is 0 Å². The predicted octanol–water partition coefficient (Wildman–Crippen LogP) is 2.02. The summed E-state index contributed by atoms with van der Waals surface area (Å²) in [6.07, 6.45) is 0.866. The SMILES string of the molecule is CCCN(CC)C(=O)N(CC(=O)O)C(C)(C)C. The van der Waals surface area contributed by atoms with Gasteiger partial charge >= 0.3 is 12.0 Å². The van der Waals surface area contributed by atoms with Crippen molar-refractivity contribution >= 4 is 12.0 Å². The first kappa shape index (κ1) is 15.7. The van der Waals surface area contributed by atoms with Crippen LogP contribution in [0.2, 0.25) is 0 Å². The largest absolute Gasteiger partial charge is 0.480 e. The van der Waals surface area contributed by atoms with E-state index < -0.39 is 11.5 Å². The smallest absolute Gasteiger partial charge is 0.323 e. The molecule has 1 N–H and O–H groups in total. The third kappa shape index (κ3) is 5.06. The molecule has 5 heteroatoms. The maximum Gasteiger partial charge on any atom is 0.323 e. The lowest BCUT2D eigenvalue weighted by atomic mass is 10.1. The molecule has 0 unspecified atom stereocenters. The standard InChI is InChI=1S/C12H24N2O3/c1-6-8-13(7-2)11(17)14(9-10(15)16)12(3,4)5/h6-9H2,1-5H3,(H,15,16). The molecule has 0 atom stereocenters. The Bertz CT molecular complexity index is 271. The highest BCUT2D eigenvalue weighted by atomic mass is 16.4. The zero-order chi connectivity index (χ0) is 13.6. The minimum absolute atomic E-state index is 0.204. The molecular weight excluding hydrogens is 220 g/mol. The van der Waals surface area contributed by atoms with Crippen LogP contribution in [0.4, 0.5) is 4.79 Å². The van der Waals surface area contributed by atoms with Gasteiger partial charge in [0.05, 0.1) is 0 Å². The number of carbonyl (C=O) groups excluding carboxylic acids is 1. The number of carboxylic acids is 1. The zero-order valence-corrected chi connectivity index (χ0v) is 11.5. The van der Waals surface area contributed by atoms with Crippen LogP contribution >= 0.6 is 0 Å². The molecule has 0 fully saturated rings. The molecule has 0 radical (unpaired) electrons. The lowest BCUT2D eigenvalue weighted by Gasteiger charge is -2.38. The molecule has 0 saturated carbocycles. The van der Waals surface area contributed by atoms with E-state index in [1.54, 1.807) is 4.90 Å². The van der Waals surface area contributed by atoms with Crippen LogP contribution in [0.1, 0.15) is 41.0 Å². The quantitative estimate of drug-likeness (QED) is 0.805. The van der Waals surface area contributed by atoms with E-state index in [0.29, 0.717) is 13.1 Å². The second kappa shape index (κ2) is 6.47. The van der Waals surface area contributed by atoms with Gasteiger partial charge in [-0.3, -0.25) is 4.79 Å². The van der Waals surface area contributed by atoms with E-state index in [1.165, 1.54) is 4.90 Å². The van der Waals surface area contributed by atoms with Crippen LogP contribution in [0.5, 0.6) is 0 Å². The number of nitrogens with zero attached hydrogens (tertiary/aromatic N) is 2. The lowest BCUT2D eigenvalue weighted by molar-refractivity contribution is -0.138. The van der Waals surface area contributed by atoms with Gasteiger partial charge < -0.3 is 14.9 Å². The van der Waals surface area contributed by atoms with Crippen LogP contribution in [0.25, 0.3) is 0 Å². The molecule has 0 saturated heterocycles. The van der Waals surface area contributed by atoms with Crippen LogP contribution in [-0.2, 0) is 4.79 Å². The Labute approximate surface area is 103 Å². The average molecular weight is 244 g/mol. The number of carboxylic acid groups (broad SMARTS) is 1. The highest BCUT2D eigenvalue weighted by Gasteiger charge is 2.30. The summed E-state index contributed by atoms with van der Waals surface area (Å²) in [6.45, 7) is 10.4. The third-order valence-corrected chi connectivity index (χ3v) is 2.48. The van der Waals surface area contributed by atoms with Gasteiger partial charge in [0.25, 0.3) is 0 Å². The van der Waals surface area contributed by atoms with Crippen molar-refractivity contribution in [3.05, 3.63) is 0 Å². The topological polar surface area (TPSA) is 60.9 Å². The van der Waals surface area contributed by atoms with Gasteiger partial charge in [-0.2, -0.15) is 0 Å². The van der Waals surface area contributed by atoms with E-state index in [-0.39, 0.29) is 12.6 Å². The number of hydrogen-bond donors (Lipinski definition) is 1. The summed E-state index contributed by atoms with van der Waals surface area (Å²) in [5.74, 6) is -0.985. The molecule has 17 heavy (non-hydrogen) atoms. The van der Waals surface area contributed by atoms with Crippen molar-refractivity contribution in [2.75, 3.05) is 19.6 Å². The molecule has 0 aliphatic carbocycles. The van der Waals surface area contributed by atoms with Gasteiger partial charge in [-0.25, -0.2) is 4.79 Å². The maximum absolute atomic E-state index is 12.2. The normalized spacial score (nSPS) is 11.1. The van der Waals surface area contributed by atoms with E-state index in [0.717, 1.165) is 6.42 Å². The van der Waals surface area contributed by atoms with Gasteiger partial charge in [0.1, 0.15) is 6.54 Å². The van der Waals surface area contributed by atoms with Crippen molar-refractivity contribution < 1.29 is 14.7 Å². The van der Waals surface area contributed by atoms with Gasteiger partial charge in [0, 0.05) is 18.6 Å². The third-order valence-electron chi connectivity index (χ3n) is 2.48. The second-order valence-electron chi connectivity index (χ2n) is 5.01. The van der Waals surface area contributed by atoms with E-state index in [1.807, 2.05) is 34.6 Å². The van der Waals surface area contributed by atoms with E-state index in [4.69, 9.17) is 5.11 Å². The van der Waals surface area contributed by atoms with Gasteiger partial charge in [-0.15, -0.1) is 0 Å². The summed E-state index contributed by atoms with van der Waals surface area (Å²) < 4.78 is 0. The van der Waals surface area contributed by atoms with Crippen LogP contribution in [-0.4, -0.2) is 52.1 Å². The van der Waals surface area contributed by atoms with Crippen molar-refractivity contribution in [2.24, 2.45) is 0 Å². The first-order chi connectivity index (χ1) is 7.73. The van der Waals surface area contributed by atoms with Gasteiger partial charge in [-0.1, -0.05) is 6.92 Å². The number of carbonyl (C=O) groups is 2. The number of amides is 2. The van der Waals surface area contributed by atoms with E-state index >= 15 is 0 Å². The molecule has 100 valence electrons. The summed E-state index contributed by atoms with van der Waals surface area (Å²) in [5.41, 5.74) is -0.489. The van der Waals surface area contributed by atoms with Gasteiger partial charge in [-0.05, 0) is 34.1 Å². The molecule has 2 amide bonds. The molecule has 0 aliphatic heterocycles. The zero-order valence-electron chi connectivity index (χ0n) is 11.5. The average Bonchev–Trinajstić information content (AvgIpc) is 2.19. The summed E-state index contributed by atoms with van der Waals surface area (Å²) in [7, 11) is 0. The Morgan fingerprint density at radius 3 is 2.00 bits per heavy atom. The van der Waals surface area contributed by atoms with Crippen LogP contribution in [0.15, 0.2) is 0 Å². The summed E-state index contributed by atoms with van der Waals surface area (Å²) >= 11 is 0.